The third-order valence-corrected chi connectivity index (χ3v) is 4.38. The smallest absolute Gasteiger partial charge is 0.139 e. The molecule has 0 radical (unpaired) electrons. The Bertz CT molecular complexity index is 782. The lowest BCUT2D eigenvalue weighted by molar-refractivity contribution is 0.405. The van der Waals surface area contributed by atoms with Crippen molar-refractivity contribution in [3.8, 4) is 5.75 Å². The maximum atomic E-state index is 5.77. The van der Waals surface area contributed by atoms with Crippen molar-refractivity contribution >= 4 is 23.1 Å². The highest BCUT2D eigenvalue weighted by Crippen LogP contribution is 2.33. The number of benzene rings is 1. The Morgan fingerprint density at radius 2 is 2.19 bits per heavy atom. The van der Waals surface area contributed by atoms with Crippen molar-refractivity contribution in [3.05, 3.63) is 54.0 Å². The number of fused-ring (bicyclic) bond motifs is 1. The number of hydrogen-bond donors (Lipinski definition) is 1. The molecule has 1 aromatic carbocycles. The van der Waals surface area contributed by atoms with Crippen molar-refractivity contribution < 1.29 is 4.74 Å². The molecule has 0 fully saturated rings. The number of aromatic nitrogens is 2. The van der Waals surface area contributed by atoms with Crippen LogP contribution in [0.25, 0.3) is 5.65 Å². The first-order chi connectivity index (χ1) is 10.2. The van der Waals surface area contributed by atoms with Crippen molar-refractivity contribution in [1.82, 2.24) is 9.38 Å². The number of aryl methyl sites for hydroxylation is 1. The summed E-state index contributed by atoms with van der Waals surface area (Å²) in [6, 6.07) is 9.82. The molecule has 0 bridgehead atoms. The van der Waals surface area contributed by atoms with Gasteiger partial charge in [0.25, 0.3) is 0 Å². The van der Waals surface area contributed by atoms with E-state index < -0.39 is 0 Å². The number of rotatable bonds is 4. The van der Waals surface area contributed by atoms with E-state index in [4.69, 9.17) is 10.5 Å². The average Bonchev–Trinajstić information content (AvgIpc) is 2.90. The lowest BCUT2D eigenvalue weighted by Crippen LogP contribution is -1.90. The first kappa shape index (κ1) is 13.8. The Morgan fingerprint density at radius 3 is 2.95 bits per heavy atom. The molecule has 2 heterocycles. The zero-order chi connectivity index (χ0) is 14.8. The lowest BCUT2D eigenvalue weighted by Gasteiger charge is -2.07. The molecule has 2 N–H and O–H groups in total. The number of nitrogen functional groups attached to an aromatic ring is 1. The van der Waals surface area contributed by atoms with Crippen LogP contribution in [0, 0.1) is 6.92 Å². The van der Waals surface area contributed by atoms with Gasteiger partial charge in [-0.25, -0.2) is 4.98 Å². The molecule has 0 spiro atoms. The molecule has 0 atom stereocenters. The molecule has 0 saturated carbocycles. The second kappa shape index (κ2) is 5.69. The third-order valence-electron chi connectivity index (χ3n) is 3.29. The number of hydrogen-bond acceptors (Lipinski definition) is 4. The minimum absolute atomic E-state index is 0.708. The van der Waals surface area contributed by atoms with Crippen LogP contribution in [0.4, 0.5) is 5.69 Å². The van der Waals surface area contributed by atoms with Crippen LogP contribution in [0.15, 0.2) is 47.6 Å². The number of anilines is 1. The maximum absolute atomic E-state index is 5.77. The fraction of sp³-hybridized carbons (Fsp3) is 0.188. The number of nitrogens with two attached hydrogens (primary N) is 1. The minimum Gasteiger partial charge on any atom is -0.496 e. The van der Waals surface area contributed by atoms with Crippen molar-refractivity contribution in [3.63, 3.8) is 0 Å². The summed E-state index contributed by atoms with van der Waals surface area (Å²) >= 11 is 1.70. The Balaban J connectivity index is 1.82. The fourth-order valence-electron chi connectivity index (χ4n) is 2.23. The van der Waals surface area contributed by atoms with Gasteiger partial charge in [0.2, 0.25) is 0 Å². The van der Waals surface area contributed by atoms with Crippen LogP contribution in [0.1, 0.15) is 11.3 Å². The molecule has 0 saturated heterocycles. The Labute approximate surface area is 127 Å². The first-order valence-corrected chi connectivity index (χ1v) is 7.65. The van der Waals surface area contributed by atoms with E-state index in [1.54, 1.807) is 18.9 Å². The zero-order valence-corrected chi connectivity index (χ0v) is 12.9. The first-order valence-electron chi connectivity index (χ1n) is 6.67. The molecule has 4 nitrogen and oxygen atoms in total. The molecule has 108 valence electrons. The van der Waals surface area contributed by atoms with Crippen LogP contribution in [-0.2, 0) is 5.75 Å². The normalized spacial score (nSPS) is 11.0. The molecule has 0 amide bonds. The van der Waals surface area contributed by atoms with E-state index in [1.807, 2.05) is 30.5 Å². The van der Waals surface area contributed by atoms with Gasteiger partial charge in [0.15, 0.2) is 0 Å². The van der Waals surface area contributed by atoms with Gasteiger partial charge in [-0.2, -0.15) is 0 Å². The quantitative estimate of drug-likeness (QED) is 0.591. The maximum Gasteiger partial charge on any atom is 0.139 e. The van der Waals surface area contributed by atoms with Crippen molar-refractivity contribution in [2.75, 3.05) is 12.8 Å². The Hall–Kier alpha value is -2.14. The molecule has 0 aliphatic heterocycles. The molecule has 2 aromatic heterocycles. The average molecular weight is 299 g/mol. The van der Waals surface area contributed by atoms with E-state index in [1.165, 1.54) is 5.56 Å². The number of imidazole rings is 1. The number of ether oxygens (including phenoxy) is 1. The molecule has 0 unspecified atom stereocenters. The van der Waals surface area contributed by atoms with E-state index in [0.717, 1.165) is 27.7 Å². The molecular formula is C16H17N3OS. The van der Waals surface area contributed by atoms with Gasteiger partial charge in [0.1, 0.15) is 11.4 Å². The monoisotopic (exact) mass is 299 g/mol. The van der Waals surface area contributed by atoms with Gasteiger partial charge in [0.05, 0.1) is 12.8 Å². The van der Waals surface area contributed by atoms with E-state index in [-0.39, 0.29) is 0 Å². The molecule has 0 aliphatic rings. The molecule has 3 aromatic rings. The van der Waals surface area contributed by atoms with Gasteiger partial charge < -0.3 is 14.9 Å². The summed E-state index contributed by atoms with van der Waals surface area (Å²) in [6.45, 7) is 2.07. The van der Waals surface area contributed by atoms with Crippen LogP contribution in [0.5, 0.6) is 5.75 Å². The van der Waals surface area contributed by atoms with Gasteiger partial charge in [0, 0.05) is 34.8 Å². The van der Waals surface area contributed by atoms with Crippen LogP contribution >= 0.6 is 11.8 Å². The van der Waals surface area contributed by atoms with Gasteiger partial charge in [-0.3, -0.25) is 0 Å². The highest BCUT2D eigenvalue weighted by Gasteiger charge is 2.08. The number of methoxy groups -OCH3 is 1. The summed E-state index contributed by atoms with van der Waals surface area (Å²) in [5.41, 5.74) is 9.72. The van der Waals surface area contributed by atoms with Crippen LogP contribution in [0.3, 0.4) is 0 Å². The summed E-state index contributed by atoms with van der Waals surface area (Å²) in [4.78, 5) is 5.75. The minimum atomic E-state index is 0.708. The number of nitrogens with zero attached hydrogens (tertiary/aromatic N) is 2. The van der Waals surface area contributed by atoms with E-state index in [9.17, 15) is 0 Å². The van der Waals surface area contributed by atoms with Crippen LogP contribution < -0.4 is 10.5 Å². The summed E-state index contributed by atoms with van der Waals surface area (Å²) in [5, 5.41) is 0. The van der Waals surface area contributed by atoms with Crippen molar-refractivity contribution in [2.45, 2.75) is 17.6 Å². The highest BCUT2D eigenvalue weighted by molar-refractivity contribution is 7.98. The number of thioether (sulfide) groups is 1. The highest BCUT2D eigenvalue weighted by atomic mass is 32.2. The zero-order valence-electron chi connectivity index (χ0n) is 12.0. The topological polar surface area (TPSA) is 52.5 Å². The van der Waals surface area contributed by atoms with E-state index >= 15 is 0 Å². The second-order valence-corrected chi connectivity index (χ2v) is 5.87. The standard InChI is InChI=1S/C16H17N3OS/c1-11-4-3-7-19-9-13(18-16(11)19)10-21-15-6-5-12(17)8-14(15)20-2/h3-9H,10,17H2,1-2H3. The summed E-state index contributed by atoms with van der Waals surface area (Å²) in [6.07, 6.45) is 4.09. The van der Waals surface area contributed by atoms with Crippen LogP contribution in [-0.4, -0.2) is 16.5 Å². The van der Waals surface area contributed by atoms with Gasteiger partial charge in [-0.15, -0.1) is 11.8 Å². The van der Waals surface area contributed by atoms with Crippen molar-refractivity contribution in [2.24, 2.45) is 0 Å². The molecule has 0 aliphatic carbocycles. The fourth-order valence-corrected chi connectivity index (χ4v) is 3.12. The SMILES string of the molecule is COc1cc(N)ccc1SCc1cn2cccc(C)c2n1. The van der Waals surface area contributed by atoms with Crippen molar-refractivity contribution in [1.29, 1.82) is 0 Å². The second-order valence-electron chi connectivity index (χ2n) is 4.85. The third kappa shape index (κ3) is 2.83. The molecular weight excluding hydrogens is 282 g/mol. The summed E-state index contributed by atoms with van der Waals surface area (Å²) in [7, 11) is 1.66. The van der Waals surface area contributed by atoms with Gasteiger partial charge >= 0.3 is 0 Å². The lowest BCUT2D eigenvalue weighted by atomic mass is 10.3. The Morgan fingerprint density at radius 1 is 1.33 bits per heavy atom. The summed E-state index contributed by atoms with van der Waals surface area (Å²) < 4.78 is 7.43. The van der Waals surface area contributed by atoms with Crippen LogP contribution in [0.2, 0.25) is 0 Å². The largest absolute Gasteiger partial charge is 0.496 e. The molecule has 21 heavy (non-hydrogen) atoms. The van der Waals surface area contributed by atoms with E-state index in [0.29, 0.717) is 5.69 Å². The predicted octanol–water partition coefficient (Wildman–Crippen LogP) is 3.53. The molecule has 5 heteroatoms. The predicted molar refractivity (Wildman–Crippen MR) is 86.9 cm³/mol. The van der Waals surface area contributed by atoms with E-state index in [2.05, 4.69) is 28.6 Å². The van der Waals surface area contributed by atoms with Gasteiger partial charge in [-0.1, -0.05) is 6.07 Å². The number of pyridine rings is 1. The summed E-state index contributed by atoms with van der Waals surface area (Å²) in [5.74, 6) is 1.60. The van der Waals surface area contributed by atoms with Gasteiger partial charge in [-0.05, 0) is 30.7 Å². The Kier molecular flexibility index (Phi) is 3.75. The molecule has 3 rings (SSSR count).